The predicted octanol–water partition coefficient (Wildman–Crippen LogP) is 5.42. The number of likely N-dealkylation sites (N-methyl/N-ethyl adjacent to an activating group) is 1. The molecular weight excluding hydrogens is 462 g/mol. The lowest BCUT2D eigenvalue weighted by atomic mass is 9.97. The Morgan fingerprint density at radius 1 is 0.970 bits per heavy atom. The number of hydrogen-bond acceptors (Lipinski definition) is 3. The first-order valence-electron chi connectivity index (χ1n) is 9.94. The molecule has 1 aliphatic carbocycles. The van der Waals surface area contributed by atoms with Gasteiger partial charge in [-0.3, -0.25) is 4.79 Å². The Hall–Kier alpha value is -2.92. The summed E-state index contributed by atoms with van der Waals surface area (Å²) in [5.41, 5.74) is -3.38. The number of benzene rings is 1. The minimum atomic E-state index is -5.13. The van der Waals surface area contributed by atoms with E-state index in [4.69, 9.17) is 0 Å². The number of piperidine rings is 1. The van der Waals surface area contributed by atoms with E-state index in [-0.39, 0.29) is 17.7 Å². The highest BCUT2D eigenvalue weighted by Gasteiger charge is 2.51. The number of aromatic nitrogens is 1. The topological polar surface area (TPSA) is 36.4 Å². The summed E-state index contributed by atoms with van der Waals surface area (Å²) in [6.07, 6.45) is -8.82. The number of anilines is 2. The molecule has 3 atom stereocenters. The fourth-order valence-corrected chi connectivity index (χ4v) is 4.65. The van der Waals surface area contributed by atoms with E-state index < -0.39 is 59.1 Å². The molecule has 0 spiro atoms. The molecule has 0 N–H and O–H groups in total. The second-order valence-corrected chi connectivity index (χ2v) is 8.20. The van der Waals surface area contributed by atoms with Crippen LogP contribution in [0.3, 0.4) is 0 Å². The zero-order chi connectivity index (χ0) is 24.3. The molecule has 1 saturated carbocycles. The van der Waals surface area contributed by atoms with Gasteiger partial charge in [-0.05, 0) is 49.4 Å². The van der Waals surface area contributed by atoms with Crippen molar-refractivity contribution < 1.29 is 39.9 Å². The van der Waals surface area contributed by atoms with E-state index in [9.17, 15) is 39.9 Å². The van der Waals surface area contributed by atoms with Crippen LogP contribution < -0.4 is 9.80 Å². The lowest BCUT2D eigenvalue weighted by molar-refractivity contribution is -0.145. The van der Waals surface area contributed by atoms with E-state index in [0.717, 1.165) is 17.0 Å². The van der Waals surface area contributed by atoms with Crippen molar-refractivity contribution in [2.45, 2.75) is 43.7 Å². The van der Waals surface area contributed by atoms with Crippen LogP contribution in [0.4, 0.5) is 46.6 Å². The third-order valence-electron chi connectivity index (χ3n) is 6.10. The summed E-state index contributed by atoms with van der Waals surface area (Å²) in [5.74, 6) is -3.55. The van der Waals surface area contributed by atoms with Crippen LogP contribution in [0.15, 0.2) is 30.3 Å². The Bertz CT molecular complexity index is 1030. The molecule has 4 nitrogen and oxygen atoms in total. The Kier molecular flexibility index (Phi) is 5.52. The molecule has 2 aliphatic rings. The maximum atomic E-state index is 13.6. The van der Waals surface area contributed by atoms with Gasteiger partial charge >= 0.3 is 12.4 Å². The Morgan fingerprint density at radius 3 is 2.18 bits per heavy atom. The van der Waals surface area contributed by atoms with Crippen molar-refractivity contribution in [3.05, 3.63) is 53.2 Å². The third kappa shape index (κ3) is 4.34. The smallest absolute Gasteiger partial charge is 0.341 e. The summed E-state index contributed by atoms with van der Waals surface area (Å²) in [6.45, 7) is 0. The van der Waals surface area contributed by atoms with Crippen molar-refractivity contribution in [2.75, 3.05) is 16.8 Å². The van der Waals surface area contributed by atoms with Crippen molar-refractivity contribution in [1.29, 1.82) is 0 Å². The predicted molar refractivity (Wildman–Crippen MR) is 101 cm³/mol. The van der Waals surface area contributed by atoms with Gasteiger partial charge in [0.15, 0.2) is 0 Å². The molecule has 2 heterocycles. The molecule has 1 saturated heterocycles. The molecule has 1 amide bonds. The number of carbonyl (C=O) groups excluding carboxylic acids is 1. The van der Waals surface area contributed by atoms with Crippen molar-refractivity contribution >= 4 is 17.4 Å². The van der Waals surface area contributed by atoms with Crippen molar-refractivity contribution in [1.82, 2.24) is 4.98 Å². The van der Waals surface area contributed by atoms with E-state index in [1.165, 1.54) is 11.9 Å². The van der Waals surface area contributed by atoms with Gasteiger partial charge in [-0.2, -0.15) is 26.3 Å². The molecule has 178 valence electrons. The monoisotopic (exact) mass is 479 g/mol. The van der Waals surface area contributed by atoms with Crippen LogP contribution >= 0.6 is 0 Å². The van der Waals surface area contributed by atoms with Gasteiger partial charge in [0, 0.05) is 24.8 Å². The van der Waals surface area contributed by atoms with E-state index in [0.29, 0.717) is 31.4 Å². The van der Waals surface area contributed by atoms with Gasteiger partial charge in [-0.1, -0.05) is 0 Å². The number of alkyl halides is 6. The summed E-state index contributed by atoms with van der Waals surface area (Å²) < 4.78 is 107. The fourth-order valence-electron chi connectivity index (χ4n) is 4.65. The van der Waals surface area contributed by atoms with E-state index in [2.05, 4.69) is 4.98 Å². The molecular formula is C21H17F8N3O. The highest BCUT2D eigenvalue weighted by atomic mass is 19.4. The maximum absolute atomic E-state index is 13.6. The number of pyridine rings is 1. The molecule has 0 unspecified atom stereocenters. The van der Waals surface area contributed by atoms with Gasteiger partial charge < -0.3 is 9.80 Å². The third-order valence-corrected chi connectivity index (χ3v) is 6.10. The summed E-state index contributed by atoms with van der Waals surface area (Å²) in [7, 11) is 1.24. The molecule has 1 aliphatic heterocycles. The summed E-state index contributed by atoms with van der Waals surface area (Å²) in [6, 6.07) is 1.23. The van der Waals surface area contributed by atoms with Crippen LogP contribution in [0, 0.1) is 17.6 Å². The van der Waals surface area contributed by atoms with Gasteiger partial charge in [-0.25, -0.2) is 13.8 Å². The van der Waals surface area contributed by atoms with Crippen LogP contribution in [-0.2, 0) is 17.1 Å². The average molecular weight is 479 g/mol. The van der Waals surface area contributed by atoms with Crippen LogP contribution in [0.25, 0.3) is 0 Å². The minimum absolute atomic E-state index is 0.0731. The van der Waals surface area contributed by atoms with Gasteiger partial charge in [0.25, 0.3) is 0 Å². The first-order valence-corrected chi connectivity index (χ1v) is 9.94. The molecule has 12 heteroatoms. The summed E-state index contributed by atoms with van der Waals surface area (Å²) in [5, 5.41) is 0. The van der Waals surface area contributed by atoms with Crippen LogP contribution in [0.2, 0.25) is 0 Å². The van der Waals surface area contributed by atoms with Crippen LogP contribution in [-0.4, -0.2) is 30.0 Å². The Labute approximate surface area is 182 Å². The van der Waals surface area contributed by atoms with Gasteiger partial charge in [-0.15, -0.1) is 0 Å². The van der Waals surface area contributed by atoms with Gasteiger partial charge in [0.05, 0.1) is 5.56 Å². The Morgan fingerprint density at radius 2 is 1.61 bits per heavy atom. The SMILES string of the molecule is CN(C(=O)[C@@H]1[C@H]2CC[C@H](C2)N1c1cc(C(F)(F)F)cc(C(F)(F)F)n1)c1cc(F)cc(F)c1. The van der Waals surface area contributed by atoms with Crippen molar-refractivity contribution in [2.24, 2.45) is 5.92 Å². The fraction of sp³-hybridized carbons (Fsp3) is 0.429. The molecule has 33 heavy (non-hydrogen) atoms. The highest BCUT2D eigenvalue weighted by Crippen LogP contribution is 2.47. The van der Waals surface area contributed by atoms with E-state index in [1.807, 2.05) is 0 Å². The lowest BCUT2D eigenvalue weighted by Crippen LogP contribution is -2.51. The average Bonchev–Trinajstić information content (AvgIpc) is 3.32. The quantitative estimate of drug-likeness (QED) is 0.552. The summed E-state index contributed by atoms with van der Waals surface area (Å²) >= 11 is 0. The largest absolute Gasteiger partial charge is 0.433 e. The number of nitrogens with zero attached hydrogens (tertiary/aromatic N) is 3. The molecule has 0 radical (unpaired) electrons. The van der Waals surface area contributed by atoms with Crippen molar-refractivity contribution in [3.8, 4) is 0 Å². The van der Waals surface area contributed by atoms with Crippen molar-refractivity contribution in [3.63, 3.8) is 0 Å². The summed E-state index contributed by atoms with van der Waals surface area (Å²) in [4.78, 5) is 18.8. The second kappa shape index (κ2) is 7.84. The van der Waals surface area contributed by atoms with E-state index in [1.54, 1.807) is 0 Å². The molecule has 2 fully saturated rings. The standard InChI is InChI=1S/C21H17F8N3O/c1-31(15-8-12(22)7-13(23)9-15)19(33)18-10-2-3-14(4-10)32(18)17-6-11(20(24,25)26)5-16(30-17)21(27,28)29/h5-10,14,18H,2-4H2,1H3/t10-,14+,18-/m0/s1. The zero-order valence-electron chi connectivity index (χ0n) is 17.0. The molecule has 2 bridgehead atoms. The highest BCUT2D eigenvalue weighted by molar-refractivity contribution is 5.99. The van der Waals surface area contributed by atoms with Gasteiger partial charge in [0.2, 0.25) is 5.91 Å². The number of rotatable bonds is 3. The molecule has 1 aromatic carbocycles. The number of fused-ring (bicyclic) bond motifs is 2. The normalized spacial score (nSPS) is 22.7. The number of carbonyl (C=O) groups is 1. The van der Waals surface area contributed by atoms with Gasteiger partial charge in [0.1, 0.15) is 29.2 Å². The molecule has 1 aromatic heterocycles. The minimum Gasteiger partial charge on any atom is -0.341 e. The Balaban J connectivity index is 1.76. The number of hydrogen-bond donors (Lipinski definition) is 0. The maximum Gasteiger partial charge on any atom is 0.433 e. The first kappa shape index (κ1) is 23.2. The van der Waals surface area contributed by atoms with E-state index >= 15 is 0 Å². The van der Waals surface area contributed by atoms with Crippen LogP contribution in [0.1, 0.15) is 30.5 Å². The lowest BCUT2D eigenvalue weighted by Gasteiger charge is -2.37. The zero-order valence-corrected chi connectivity index (χ0v) is 17.0. The second-order valence-electron chi connectivity index (χ2n) is 8.20. The van der Waals surface area contributed by atoms with Crippen LogP contribution in [0.5, 0.6) is 0 Å². The number of amides is 1. The number of halogens is 8. The first-order chi connectivity index (χ1) is 15.3. The molecule has 4 rings (SSSR count). The molecule has 2 aromatic rings.